The van der Waals surface area contributed by atoms with Gasteiger partial charge in [-0.2, -0.15) is 0 Å². The van der Waals surface area contributed by atoms with E-state index in [1.807, 2.05) is 27.0 Å². The molecule has 1 aromatic carbocycles. The van der Waals surface area contributed by atoms with E-state index in [4.69, 9.17) is 4.74 Å². The van der Waals surface area contributed by atoms with Crippen molar-refractivity contribution in [2.24, 2.45) is 0 Å². The predicted molar refractivity (Wildman–Crippen MR) is 83.2 cm³/mol. The Labute approximate surface area is 126 Å². The minimum Gasteiger partial charge on any atom is -0.490 e. The van der Waals surface area contributed by atoms with E-state index in [0.29, 0.717) is 24.6 Å². The van der Waals surface area contributed by atoms with Crippen molar-refractivity contribution in [2.75, 3.05) is 7.05 Å². The van der Waals surface area contributed by atoms with Gasteiger partial charge < -0.3 is 14.8 Å². The van der Waals surface area contributed by atoms with Gasteiger partial charge in [0.05, 0.1) is 0 Å². The molecule has 21 heavy (non-hydrogen) atoms. The zero-order chi connectivity index (χ0) is 15.8. The Bertz CT molecular complexity index is 456. The predicted octanol–water partition coefficient (Wildman–Crippen LogP) is 3.50. The summed E-state index contributed by atoms with van der Waals surface area (Å²) in [5, 5.41) is 3.18. The third-order valence-electron chi connectivity index (χ3n) is 3.50. The first-order chi connectivity index (χ1) is 10.1. The highest BCUT2D eigenvalue weighted by Crippen LogP contribution is 2.27. The first-order valence-corrected chi connectivity index (χ1v) is 7.69. The Morgan fingerprint density at radius 3 is 2.57 bits per heavy atom. The van der Waals surface area contributed by atoms with E-state index in [1.165, 1.54) is 12.1 Å². The van der Waals surface area contributed by atoms with Crippen LogP contribution in [-0.2, 0) is 11.2 Å². The summed E-state index contributed by atoms with van der Waals surface area (Å²) in [6, 6.07) is 5.21. The van der Waals surface area contributed by atoms with Crippen LogP contribution >= 0.6 is 0 Å². The Hall–Kier alpha value is -1.42. The zero-order valence-electron chi connectivity index (χ0n) is 13.4. The molecule has 1 saturated carbocycles. The van der Waals surface area contributed by atoms with Gasteiger partial charge in [0, 0.05) is 18.5 Å². The number of benzene rings is 1. The summed E-state index contributed by atoms with van der Waals surface area (Å²) in [6.45, 7) is 5.54. The molecule has 1 fully saturated rings. The lowest BCUT2D eigenvalue weighted by atomic mass is 9.89. The molecule has 1 aromatic rings. The largest absolute Gasteiger partial charge is 0.490 e. The monoisotopic (exact) mass is 295 g/mol. The first-order valence-electron chi connectivity index (χ1n) is 7.69. The van der Waals surface area contributed by atoms with Crippen LogP contribution < -0.4 is 10.1 Å². The molecule has 0 aliphatic heterocycles. The van der Waals surface area contributed by atoms with Gasteiger partial charge in [-0.1, -0.05) is 13.8 Å². The Morgan fingerprint density at radius 1 is 1.33 bits per heavy atom. The molecule has 118 valence electrons. The molecular weight excluding hydrogens is 269 g/mol. The maximum Gasteiger partial charge on any atom is 0.130 e. The van der Waals surface area contributed by atoms with Crippen LogP contribution in [0.5, 0.6) is 5.75 Å². The molecule has 0 radical (unpaired) electrons. The van der Waals surface area contributed by atoms with Gasteiger partial charge in [-0.25, -0.2) is 4.39 Å². The molecular formula is C17H26FNO2. The molecule has 0 bridgehead atoms. The smallest absolute Gasteiger partial charge is 0.130 e. The lowest BCUT2D eigenvalue weighted by molar-refractivity contribution is -0.116. The molecule has 0 aromatic heterocycles. The van der Waals surface area contributed by atoms with Crippen LogP contribution in [0.3, 0.4) is 0 Å². The number of hydrogen-bond acceptors (Lipinski definition) is 3. The fourth-order valence-corrected chi connectivity index (χ4v) is 2.24. The molecule has 3 nitrogen and oxygen atoms in total. The van der Waals surface area contributed by atoms with Gasteiger partial charge in [0.25, 0.3) is 0 Å². The lowest BCUT2D eigenvalue weighted by Gasteiger charge is -2.35. The van der Waals surface area contributed by atoms with Crippen molar-refractivity contribution in [3.63, 3.8) is 0 Å². The maximum atomic E-state index is 13.5. The van der Waals surface area contributed by atoms with Gasteiger partial charge in [-0.3, -0.25) is 0 Å². The van der Waals surface area contributed by atoms with Gasteiger partial charge in [0.15, 0.2) is 0 Å². The number of aryl methyl sites for hydroxylation is 1. The fourth-order valence-electron chi connectivity index (χ4n) is 2.24. The first kappa shape index (κ1) is 17.6. The van der Waals surface area contributed by atoms with Gasteiger partial charge in [-0.05, 0) is 50.9 Å². The number of nitrogens with one attached hydrogen (secondary N) is 1. The van der Waals surface area contributed by atoms with E-state index in [0.717, 1.165) is 18.4 Å². The SMILES string of the molecule is CC.CNC1CC(Oc2cc(F)cc(CCC(C)=O)c2)C1. The zero-order valence-corrected chi connectivity index (χ0v) is 13.4. The Balaban J connectivity index is 0.00000106. The summed E-state index contributed by atoms with van der Waals surface area (Å²) in [5.74, 6) is 0.376. The van der Waals surface area contributed by atoms with Crippen LogP contribution in [0.25, 0.3) is 0 Å². The second-order valence-electron chi connectivity index (χ2n) is 5.19. The molecule has 0 unspecified atom stereocenters. The molecule has 0 atom stereocenters. The molecule has 2 rings (SSSR count). The minimum absolute atomic E-state index is 0.114. The van der Waals surface area contributed by atoms with Crippen molar-refractivity contribution < 1.29 is 13.9 Å². The van der Waals surface area contributed by atoms with Crippen LogP contribution in [-0.4, -0.2) is 25.0 Å². The number of carbonyl (C=O) groups is 1. The summed E-state index contributed by atoms with van der Waals surface area (Å²) in [5.41, 5.74) is 0.815. The molecule has 1 aliphatic carbocycles. The van der Waals surface area contributed by atoms with Gasteiger partial charge in [0.2, 0.25) is 0 Å². The Kier molecular flexibility index (Phi) is 7.37. The number of halogens is 1. The van der Waals surface area contributed by atoms with Crippen LogP contribution in [0.15, 0.2) is 18.2 Å². The summed E-state index contributed by atoms with van der Waals surface area (Å²) in [6.07, 6.45) is 3.08. The standard InChI is InChI=1S/C15H20FNO2.C2H6/c1-10(18)3-4-11-5-12(16)7-14(6-11)19-15-8-13(9-15)17-2;1-2/h5-7,13,15,17H,3-4,8-9H2,1-2H3;1-2H3. The maximum absolute atomic E-state index is 13.5. The van der Waals surface area contributed by atoms with Crippen LogP contribution in [0.4, 0.5) is 4.39 Å². The van der Waals surface area contributed by atoms with Gasteiger partial charge in [0.1, 0.15) is 23.5 Å². The third kappa shape index (κ3) is 5.84. The molecule has 1 N–H and O–H groups in total. The Morgan fingerprint density at radius 2 is 2.00 bits per heavy atom. The second-order valence-corrected chi connectivity index (χ2v) is 5.19. The van der Waals surface area contributed by atoms with Crippen LogP contribution in [0.1, 0.15) is 45.6 Å². The van der Waals surface area contributed by atoms with E-state index in [9.17, 15) is 9.18 Å². The average molecular weight is 295 g/mol. The highest BCUT2D eigenvalue weighted by atomic mass is 19.1. The van der Waals surface area contributed by atoms with Crippen LogP contribution in [0, 0.1) is 5.82 Å². The van der Waals surface area contributed by atoms with E-state index >= 15 is 0 Å². The normalized spacial score (nSPS) is 20.0. The number of hydrogen-bond donors (Lipinski definition) is 1. The van der Waals surface area contributed by atoms with Crippen molar-refractivity contribution in [3.05, 3.63) is 29.6 Å². The van der Waals surface area contributed by atoms with E-state index < -0.39 is 0 Å². The number of ketones is 1. The summed E-state index contributed by atoms with van der Waals surface area (Å²) >= 11 is 0. The van der Waals surface area contributed by atoms with Crippen LogP contribution in [0.2, 0.25) is 0 Å². The molecule has 0 amide bonds. The minimum atomic E-state index is -0.305. The van der Waals surface area contributed by atoms with E-state index in [1.54, 1.807) is 6.92 Å². The van der Waals surface area contributed by atoms with Crippen molar-refractivity contribution in [1.29, 1.82) is 0 Å². The van der Waals surface area contributed by atoms with Crippen molar-refractivity contribution in [2.45, 2.75) is 58.6 Å². The molecule has 0 spiro atoms. The van der Waals surface area contributed by atoms with Gasteiger partial charge in [-0.15, -0.1) is 0 Å². The topological polar surface area (TPSA) is 38.3 Å². The molecule has 1 aliphatic rings. The third-order valence-corrected chi connectivity index (χ3v) is 3.50. The molecule has 0 saturated heterocycles. The highest BCUT2D eigenvalue weighted by Gasteiger charge is 2.29. The average Bonchev–Trinajstić information content (AvgIpc) is 2.42. The van der Waals surface area contributed by atoms with Crippen molar-refractivity contribution >= 4 is 5.78 Å². The number of Topliss-reactive ketones (excluding diaryl/α,β-unsaturated/α-hetero) is 1. The van der Waals surface area contributed by atoms with Crippen molar-refractivity contribution in [1.82, 2.24) is 5.32 Å². The number of rotatable bonds is 6. The summed E-state index contributed by atoms with van der Waals surface area (Å²) in [4.78, 5) is 11.0. The fraction of sp³-hybridized carbons (Fsp3) is 0.588. The van der Waals surface area contributed by atoms with E-state index in [2.05, 4.69) is 5.32 Å². The van der Waals surface area contributed by atoms with E-state index in [-0.39, 0.29) is 17.7 Å². The van der Waals surface area contributed by atoms with Crippen molar-refractivity contribution in [3.8, 4) is 5.75 Å². The highest BCUT2D eigenvalue weighted by molar-refractivity contribution is 5.75. The summed E-state index contributed by atoms with van der Waals surface area (Å²) < 4.78 is 19.2. The van der Waals surface area contributed by atoms with Gasteiger partial charge >= 0.3 is 0 Å². The quantitative estimate of drug-likeness (QED) is 0.873. The summed E-state index contributed by atoms with van der Waals surface area (Å²) in [7, 11) is 1.93. The molecule has 0 heterocycles. The number of carbonyl (C=O) groups excluding carboxylic acids is 1. The second kappa shape index (κ2) is 8.78. The lowest BCUT2D eigenvalue weighted by Crippen LogP contribution is -2.45. The number of ether oxygens (including phenoxy) is 1. The molecule has 4 heteroatoms.